The summed E-state index contributed by atoms with van der Waals surface area (Å²) < 4.78 is 4.80. The fourth-order valence-electron chi connectivity index (χ4n) is 2.42. The zero-order valence-corrected chi connectivity index (χ0v) is 13.3. The summed E-state index contributed by atoms with van der Waals surface area (Å²) in [6.07, 6.45) is 1.37. The molecule has 0 unspecified atom stereocenters. The quantitative estimate of drug-likeness (QED) is 0.621. The van der Waals surface area contributed by atoms with E-state index in [2.05, 4.69) is 10.6 Å². The number of benzene rings is 1. The molecule has 0 spiro atoms. The predicted octanol–water partition coefficient (Wildman–Crippen LogP) is 0.823. The minimum atomic E-state index is -0.747. The van der Waals surface area contributed by atoms with Crippen LogP contribution in [0.2, 0.25) is 0 Å². The number of hydrogen-bond donors (Lipinski definition) is 2. The lowest BCUT2D eigenvalue weighted by molar-refractivity contribution is -0.136. The van der Waals surface area contributed by atoms with Gasteiger partial charge in [-0.15, -0.1) is 0 Å². The third-order valence-electron chi connectivity index (χ3n) is 3.63. The van der Waals surface area contributed by atoms with Gasteiger partial charge in [0.15, 0.2) is 0 Å². The van der Waals surface area contributed by atoms with Crippen LogP contribution in [0, 0.1) is 6.92 Å². The first-order valence-corrected chi connectivity index (χ1v) is 7.52. The van der Waals surface area contributed by atoms with Crippen LogP contribution in [0.4, 0.5) is 11.4 Å². The number of carbonyl (C=O) groups excluding carboxylic acids is 3. The number of nitrogens with one attached hydrogen (secondary N) is 2. The molecule has 7 nitrogen and oxygen atoms in total. The van der Waals surface area contributed by atoms with Crippen LogP contribution in [0.25, 0.3) is 0 Å². The van der Waals surface area contributed by atoms with Crippen molar-refractivity contribution < 1.29 is 19.1 Å². The lowest BCUT2D eigenvalue weighted by atomic mass is 10.1. The van der Waals surface area contributed by atoms with E-state index < -0.39 is 11.8 Å². The van der Waals surface area contributed by atoms with Crippen molar-refractivity contribution in [2.45, 2.75) is 19.8 Å². The summed E-state index contributed by atoms with van der Waals surface area (Å²) in [5, 5.41) is 5.00. The van der Waals surface area contributed by atoms with Crippen LogP contribution in [-0.2, 0) is 19.1 Å². The average molecular weight is 319 g/mol. The van der Waals surface area contributed by atoms with Gasteiger partial charge in [0, 0.05) is 38.0 Å². The number of ether oxygens (including phenoxy) is 1. The van der Waals surface area contributed by atoms with Crippen LogP contribution in [0.15, 0.2) is 18.2 Å². The van der Waals surface area contributed by atoms with Crippen molar-refractivity contribution in [1.82, 2.24) is 5.32 Å². The normalized spacial score (nSPS) is 14.0. The SMILES string of the molecule is COCCNC(=O)C(=O)Nc1ccc(C)c(N2CCCC2=O)c1. The third-order valence-corrected chi connectivity index (χ3v) is 3.63. The summed E-state index contributed by atoms with van der Waals surface area (Å²) in [6.45, 7) is 3.19. The molecule has 1 aromatic carbocycles. The number of rotatable bonds is 5. The molecule has 1 heterocycles. The molecule has 2 N–H and O–H groups in total. The number of methoxy groups -OCH3 is 1. The Kier molecular flexibility index (Phi) is 5.70. The first-order valence-electron chi connectivity index (χ1n) is 7.52. The van der Waals surface area contributed by atoms with Gasteiger partial charge in [-0.05, 0) is 31.0 Å². The second-order valence-corrected chi connectivity index (χ2v) is 5.35. The van der Waals surface area contributed by atoms with Crippen molar-refractivity contribution in [2.75, 3.05) is 37.0 Å². The first kappa shape index (κ1) is 17.0. The van der Waals surface area contributed by atoms with E-state index in [4.69, 9.17) is 4.74 Å². The van der Waals surface area contributed by atoms with E-state index >= 15 is 0 Å². The first-order chi connectivity index (χ1) is 11.0. The van der Waals surface area contributed by atoms with Gasteiger partial charge in [0.2, 0.25) is 5.91 Å². The minimum Gasteiger partial charge on any atom is -0.383 e. The fraction of sp³-hybridized carbons (Fsp3) is 0.438. The van der Waals surface area contributed by atoms with Crippen molar-refractivity contribution in [2.24, 2.45) is 0 Å². The second-order valence-electron chi connectivity index (χ2n) is 5.35. The molecule has 0 aliphatic carbocycles. The van der Waals surface area contributed by atoms with Crippen molar-refractivity contribution >= 4 is 29.1 Å². The smallest absolute Gasteiger partial charge is 0.313 e. The van der Waals surface area contributed by atoms with Crippen LogP contribution >= 0.6 is 0 Å². The molecule has 0 atom stereocenters. The van der Waals surface area contributed by atoms with E-state index in [0.717, 1.165) is 17.7 Å². The van der Waals surface area contributed by atoms with Crippen LogP contribution in [0.3, 0.4) is 0 Å². The molecule has 3 amide bonds. The summed E-state index contributed by atoms with van der Waals surface area (Å²) in [5.74, 6) is -1.39. The Labute approximate surface area is 135 Å². The summed E-state index contributed by atoms with van der Waals surface area (Å²) in [5.41, 5.74) is 2.20. The van der Waals surface area contributed by atoms with Gasteiger partial charge in [-0.3, -0.25) is 14.4 Å². The number of nitrogens with zero attached hydrogens (tertiary/aromatic N) is 1. The van der Waals surface area contributed by atoms with Crippen molar-refractivity contribution in [3.63, 3.8) is 0 Å². The van der Waals surface area contributed by atoms with Crippen LogP contribution in [-0.4, -0.2) is 44.5 Å². The Bertz CT molecular complexity index is 615. The highest BCUT2D eigenvalue weighted by molar-refractivity contribution is 6.39. The van der Waals surface area contributed by atoms with Gasteiger partial charge in [0.05, 0.1) is 6.61 Å². The summed E-state index contributed by atoms with van der Waals surface area (Å²) >= 11 is 0. The molecule has 0 saturated carbocycles. The number of aryl methyl sites for hydroxylation is 1. The van der Waals surface area contributed by atoms with Gasteiger partial charge in [-0.25, -0.2) is 0 Å². The van der Waals surface area contributed by atoms with Gasteiger partial charge >= 0.3 is 11.8 Å². The largest absolute Gasteiger partial charge is 0.383 e. The van der Waals surface area contributed by atoms with Gasteiger partial charge in [-0.2, -0.15) is 0 Å². The van der Waals surface area contributed by atoms with Crippen LogP contribution < -0.4 is 15.5 Å². The molecule has 2 rings (SSSR count). The van der Waals surface area contributed by atoms with Crippen LogP contribution in [0.5, 0.6) is 0 Å². The highest BCUT2D eigenvalue weighted by Gasteiger charge is 2.23. The second kappa shape index (κ2) is 7.73. The Hall–Kier alpha value is -2.41. The highest BCUT2D eigenvalue weighted by Crippen LogP contribution is 2.28. The number of amides is 3. The zero-order chi connectivity index (χ0) is 16.8. The van der Waals surface area contributed by atoms with Crippen molar-refractivity contribution in [3.05, 3.63) is 23.8 Å². The minimum absolute atomic E-state index is 0.0777. The molecule has 0 bridgehead atoms. The maximum Gasteiger partial charge on any atom is 0.313 e. The van der Waals surface area contributed by atoms with Gasteiger partial charge in [0.1, 0.15) is 0 Å². The molecule has 1 saturated heterocycles. The average Bonchev–Trinajstić information content (AvgIpc) is 2.95. The highest BCUT2D eigenvalue weighted by atomic mass is 16.5. The molecule has 1 aliphatic heterocycles. The molecule has 0 aromatic heterocycles. The van der Waals surface area contributed by atoms with E-state index in [9.17, 15) is 14.4 Å². The Morgan fingerprint density at radius 3 is 2.74 bits per heavy atom. The predicted molar refractivity (Wildman–Crippen MR) is 86.3 cm³/mol. The molecule has 1 fully saturated rings. The van der Waals surface area contributed by atoms with Gasteiger partial charge in [0.25, 0.3) is 0 Å². The lowest BCUT2D eigenvalue weighted by Gasteiger charge is -2.19. The number of anilines is 2. The van der Waals surface area contributed by atoms with E-state index in [0.29, 0.717) is 25.3 Å². The van der Waals surface area contributed by atoms with Crippen molar-refractivity contribution in [3.8, 4) is 0 Å². The summed E-state index contributed by atoms with van der Waals surface area (Å²) in [7, 11) is 1.51. The van der Waals surface area contributed by atoms with Crippen molar-refractivity contribution in [1.29, 1.82) is 0 Å². The molecule has 0 radical (unpaired) electrons. The van der Waals surface area contributed by atoms with E-state index in [1.807, 2.05) is 13.0 Å². The fourth-order valence-corrected chi connectivity index (χ4v) is 2.42. The van der Waals surface area contributed by atoms with E-state index in [1.165, 1.54) is 7.11 Å². The van der Waals surface area contributed by atoms with Gasteiger partial charge < -0.3 is 20.3 Å². The monoisotopic (exact) mass is 319 g/mol. The van der Waals surface area contributed by atoms with Crippen LogP contribution in [0.1, 0.15) is 18.4 Å². The molecule has 1 aliphatic rings. The van der Waals surface area contributed by atoms with E-state index in [-0.39, 0.29) is 12.5 Å². The molecule has 1 aromatic rings. The lowest BCUT2D eigenvalue weighted by Crippen LogP contribution is -2.37. The summed E-state index contributed by atoms with van der Waals surface area (Å²) in [4.78, 5) is 37.1. The molecular weight excluding hydrogens is 298 g/mol. The molecule has 23 heavy (non-hydrogen) atoms. The topological polar surface area (TPSA) is 87.7 Å². The maximum atomic E-state index is 11.9. The zero-order valence-electron chi connectivity index (χ0n) is 13.3. The molecule has 124 valence electrons. The third kappa shape index (κ3) is 4.29. The summed E-state index contributed by atoms with van der Waals surface area (Å²) in [6, 6.07) is 5.25. The maximum absolute atomic E-state index is 11.9. The Morgan fingerprint density at radius 2 is 2.09 bits per heavy atom. The number of carbonyl (C=O) groups is 3. The Morgan fingerprint density at radius 1 is 1.30 bits per heavy atom. The van der Waals surface area contributed by atoms with E-state index in [1.54, 1.807) is 17.0 Å². The molecular formula is C16H21N3O4. The number of hydrogen-bond acceptors (Lipinski definition) is 4. The molecule has 7 heteroatoms. The Balaban J connectivity index is 2.04. The van der Waals surface area contributed by atoms with Gasteiger partial charge in [-0.1, -0.05) is 6.07 Å². The standard InChI is InChI=1S/C16H21N3O4/c1-11-5-6-12(10-13(11)19-8-3-4-14(19)20)18-16(22)15(21)17-7-9-23-2/h5-6,10H,3-4,7-9H2,1-2H3,(H,17,21)(H,18,22).